The summed E-state index contributed by atoms with van der Waals surface area (Å²) in [5.41, 5.74) is 0.215. The molecule has 0 unspecified atom stereocenters. The molecule has 0 aliphatic rings. The maximum Gasteiger partial charge on any atom is 0.272 e. The first kappa shape index (κ1) is 31.8. The zero-order chi connectivity index (χ0) is 32.6. The smallest absolute Gasteiger partial charge is 0.272 e. The van der Waals surface area contributed by atoms with Crippen molar-refractivity contribution in [3.05, 3.63) is 143 Å². The monoisotopic (exact) mass is 645 g/mol. The quantitative estimate of drug-likeness (QED) is 0.0628. The Morgan fingerprint density at radius 2 is 1.37 bits per heavy atom. The van der Waals surface area contributed by atoms with Crippen molar-refractivity contribution < 1.29 is 36.4 Å². The Labute approximate surface area is 264 Å². The van der Waals surface area contributed by atoms with E-state index in [0.29, 0.717) is 27.7 Å². The lowest BCUT2D eigenvalue weighted by molar-refractivity contribution is -0.114. The highest BCUT2D eigenvalue weighted by Crippen LogP contribution is 2.26. The van der Waals surface area contributed by atoms with Gasteiger partial charge in [0, 0.05) is 33.9 Å². The highest BCUT2D eigenvalue weighted by Gasteiger charge is 2.21. The van der Waals surface area contributed by atoms with Crippen LogP contribution in [0.2, 0.25) is 0 Å². The molecule has 0 atom stereocenters. The van der Waals surface area contributed by atoms with Crippen LogP contribution in [0.4, 0.5) is 28.9 Å². The van der Waals surface area contributed by atoms with Crippen molar-refractivity contribution >= 4 is 46.9 Å². The molecule has 0 fully saturated rings. The molecule has 0 spiro atoms. The number of hydrogen-bond donors (Lipinski definition) is 3. The number of carbonyl (C=O) groups is 3. The van der Waals surface area contributed by atoms with Crippen molar-refractivity contribution in [2.24, 2.45) is 0 Å². The molecule has 0 saturated heterocycles. The number of hydrogen-bond acceptors (Lipinski definition) is 5. The number of amides is 3. The largest absolute Gasteiger partial charge is 0.457 e. The van der Waals surface area contributed by atoms with Crippen molar-refractivity contribution in [1.82, 2.24) is 5.32 Å². The lowest BCUT2D eigenvalue weighted by Gasteiger charge is -2.11. The minimum atomic E-state index is -1.71. The highest BCUT2D eigenvalue weighted by atomic mass is 32.2. The van der Waals surface area contributed by atoms with Gasteiger partial charge in [-0.25, -0.2) is 17.6 Å². The molecule has 3 N–H and O–H groups in total. The molecule has 232 valence electrons. The van der Waals surface area contributed by atoms with Gasteiger partial charge in [0.15, 0.2) is 23.3 Å². The topological polar surface area (TPSA) is 100 Å². The fourth-order valence-electron chi connectivity index (χ4n) is 4.11. The van der Waals surface area contributed by atoms with E-state index in [1.165, 1.54) is 18.2 Å². The van der Waals surface area contributed by atoms with Crippen molar-refractivity contribution in [3.8, 4) is 11.3 Å². The number of anilines is 2. The third kappa shape index (κ3) is 7.90. The number of benzene rings is 4. The highest BCUT2D eigenvalue weighted by molar-refractivity contribution is 8.00. The Bertz CT molecular complexity index is 1890. The maximum atomic E-state index is 13.9. The number of rotatable bonds is 10. The van der Waals surface area contributed by atoms with Gasteiger partial charge in [0.05, 0.1) is 5.75 Å². The molecule has 3 amide bonds. The second kappa shape index (κ2) is 14.4. The summed E-state index contributed by atoms with van der Waals surface area (Å²) in [6, 6.07) is 27.4. The second-order valence-corrected chi connectivity index (χ2v) is 10.7. The average Bonchev–Trinajstić information content (AvgIpc) is 3.54. The van der Waals surface area contributed by atoms with Gasteiger partial charge >= 0.3 is 0 Å². The van der Waals surface area contributed by atoms with Gasteiger partial charge in [-0.2, -0.15) is 0 Å². The van der Waals surface area contributed by atoms with Crippen LogP contribution in [0.1, 0.15) is 16.1 Å². The van der Waals surface area contributed by atoms with E-state index in [1.807, 2.05) is 35.6 Å². The van der Waals surface area contributed by atoms with Crippen LogP contribution in [-0.2, 0) is 9.59 Å². The lowest BCUT2D eigenvalue weighted by Crippen LogP contribution is -2.30. The van der Waals surface area contributed by atoms with Crippen LogP contribution in [0.25, 0.3) is 17.4 Å². The predicted molar refractivity (Wildman–Crippen MR) is 167 cm³/mol. The van der Waals surface area contributed by atoms with E-state index in [1.54, 1.807) is 54.6 Å². The van der Waals surface area contributed by atoms with Crippen molar-refractivity contribution in [2.75, 3.05) is 16.4 Å². The van der Waals surface area contributed by atoms with E-state index in [4.69, 9.17) is 4.42 Å². The minimum absolute atomic E-state index is 0.0458. The van der Waals surface area contributed by atoms with Gasteiger partial charge in [0.1, 0.15) is 22.9 Å². The Kier molecular flexibility index (Phi) is 9.98. The van der Waals surface area contributed by atoms with Crippen LogP contribution in [0, 0.1) is 23.3 Å². The zero-order valence-electron chi connectivity index (χ0n) is 23.7. The standard InChI is InChI=1S/C34H23F4N3O4S/c35-25-18-26(36)31(38)32(30(25)37)41-29(42)19-46-24-14-11-22(12-15-24)39-34(44)27(40-33(43)21-9-5-2-6-10-21)17-23-13-16-28(45-23)20-7-3-1-4-8-20/h1-18H,19H2,(H,39,44)(H,40,43)(H,41,42)/b27-17-. The molecule has 1 aromatic heterocycles. The molecule has 7 nitrogen and oxygen atoms in total. The van der Waals surface area contributed by atoms with Crippen LogP contribution >= 0.6 is 11.8 Å². The summed E-state index contributed by atoms with van der Waals surface area (Å²) >= 11 is 0.972. The first-order chi connectivity index (χ1) is 22.2. The predicted octanol–water partition coefficient (Wildman–Crippen LogP) is 7.64. The molecule has 1 heterocycles. The van der Waals surface area contributed by atoms with Gasteiger partial charge in [0.2, 0.25) is 5.91 Å². The normalized spacial score (nSPS) is 11.2. The SMILES string of the molecule is O=C(CSc1ccc(NC(=O)/C(=C/c2ccc(-c3ccccc3)o2)NC(=O)c2ccccc2)cc1)Nc1c(F)c(F)cc(F)c1F. The molecule has 12 heteroatoms. The molecule has 5 aromatic rings. The molecule has 46 heavy (non-hydrogen) atoms. The van der Waals surface area contributed by atoms with E-state index in [2.05, 4.69) is 10.6 Å². The summed E-state index contributed by atoms with van der Waals surface area (Å²) in [5.74, 6) is -8.21. The van der Waals surface area contributed by atoms with Gasteiger partial charge in [-0.1, -0.05) is 48.5 Å². The van der Waals surface area contributed by atoms with E-state index in [9.17, 15) is 31.9 Å². The summed E-state index contributed by atoms with van der Waals surface area (Å²) in [6.07, 6.45) is 1.40. The molecular formula is C34H23F4N3O4S. The van der Waals surface area contributed by atoms with Crippen LogP contribution in [0.5, 0.6) is 0 Å². The van der Waals surface area contributed by atoms with Gasteiger partial charge in [-0.15, -0.1) is 11.8 Å². The van der Waals surface area contributed by atoms with Crippen LogP contribution in [0.15, 0.2) is 118 Å². The molecule has 0 aliphatic heterocycles. The first-order valence-electron chi connectivity index (χ1n) is 13.6. The van der Waals surface area contributed by atoms with Gasteiger partial charge in [-0.3, -0.25) is 14.4 Å². The van der Waals surface area contributed by atoms with Crippen LogP contribution in [-0.4, -0.2) is 23.5 Å². The van der Waals surface area contributed by atoms with Gasteiger partial charge < -0.3 is 20.4 Å². The van der Waals surface area contributed by atoms with Crippen LogP contribution < -0.4 is 16.0 Å². The fourth-order valence-corrected chi connectivity index (χ4v) is 4.81. The van der Waals surface area contributed by atoms with Gasteiger partial charge in [-0.05, 0) is 48.5 Å². The summed E-state index contributed by atoms with van der Waals surface area (Å²) in [5, 5.41) is 7.17. The van der Waals surface area contributed by atoms with Crippen molar-refractivity contribution in [2.45, 2.75) is 4.90 Å². The van der Waals surface area contributed by atoms with Crippen molar-refractivity contribution in [3.63, 3.8) is 0 Å². The maximum absolute atomic E-state index is 13.9. The number of nitrogens with one attached hydrogen (secondary N) is 3. The summed E-state index contributed by atoms with van der Waals surface area (Å²) in [7, 11) is 0. The first-order valence-corrected chi connectivity index (χ1v) is 14.6. The summed E-state index contributed by atoms with van der Waals surface area (Å²) in [6.45, 7) is 0. The molecule has 0 bridgehead atoms. The van der Waals surface area contributed by atoms with E-state index in [-0.39, 0.29) is 17.5 Å². The molecule has 0 saturated carbocycles. The van der Waals surface area contributed by atoms with E-state index in [0.717, 1.165) is 17.3 Å². The van der Waals surface area contributed by atoms with E-state index < -0.39 is 46.7 Å². The summed E-state index contributed by atoms with van der Waals surface area (Å²) in [4.78, 5) is 39.0. The third-order valence-electron chi connectivity index (χ3n) is 6.36. The number of halogens is 4. The Morgan fingerprint density at radius 3 is 2.02 bits per heavy atom. The van der Waals surface area contributed by atoms with E-state index >= 15 is 0 Å². The Morgan fingerprint density at radius 1 is 0.739 bits per heavy atom. The third-order valence-corrected chi connectivity index (χ3v) is 7.37. The Balaban J connectivity index is 1.26. The molecular weight excluding hydrogens is 622 g/mol. The summed E-state index contributed by atoms with van der Waals surface area (Å²) < 4.78 is 60.4. The average molecular weight is 646 g/mol. The number of thioether (sulfide) groups is 1. The zero-order valence-corrected chi connectivity index (χ0v) is 24.5. The van der Waals surface area contributed by atoms with Crippen LogP contribution in [0.3, 0.4) is 0 Å². The fraction of sp³-hybridized carbons (Fsp3) is 0.0294. The molecule has 5 rings (SSSR count). The van der Waals surface area contributed by atoms with Gasteiger partial charge in [0.25, 0.3) is 11.8 Å². The number of carbonyl (C=O) groups excluding carboxylic acids is 3. The molecule has 0 aliphatic carbocycles. The second-order valence-electron chi connectivity index (χ2n) is 9.60. The Hall–Kier alpha value is -5.62. The molecule has 0 radical (unpaired) electrons. The minimum Gasteiger partial charge on any atom is -0.457 e. The molecule has 4 aromatic carbocycles. The van der Waals surface area contributed by atoms with Crippen molar-refractivity contribution in [1.29, 1.82) is 0 Å². The lowest BCUT2D eigenvalue weighted by atomic mass is 10.2. The number of furan rings is 1.